The quantitative estimate of drug-likeness (QED) is 0.815. The van der Waals surface area contributed by atoms with Crippen molar-refractivity contribution in [2.45, 2.75) is 44.9 Å². The van der Waals surface area contributed by atoms with Gasteiger partial charge in [-0.05, 0) is 51.8 Å². The lowest BCUT2D eigenvalue weighted by molar-refractivity contribution is -0.145. The molecule has 2 atom stereocenters. The second-order valence-corrected chi connectivity index (χ2v) is 8.07. The van der Waals surface area contributed by atoms with E-state index in [1.54, 1.807) is 19.1 Å². The summed E-state index contributed by atoms with van der Waals surface area (Å²) in [6.07, 6.45) is 0.376. The highest BCUT2D eigenvalue weighted by atomic mass is 35.5. The van der Waals surface area contributed by atoms with E-state index >= 15 is 0 Å². The van der Waals surface area contributed by atoms with Crippen molar-refractivity contribution in [2.24, 2.45) is 0 Å². The molecule has 4 nitrogen and oxygen atoms in total. The molecule has 1 aromatic carbocycles. The lowest BCUT2D eigenvalue weighted by Gasteiger charge is -2.23. The van der Waals surface area contributed by atoms with Gasteiger partial charge in [0.15, 0.2) is 0 Å². The minimum Gasteiger partial charge on any atom is -0.465 e. The lowest BCUT2D eigenvalue weighted by atomic mass is 10.1. The molecule has 21 heavy (non-hydrogen) atoms. The predicted octanol–water partition coefficient (Wildman–Crippen LogP) is 2.87. The molecule has 6 heteroatoms. The number of hydrogen-bond donors (Lipinski definition) is 1. The molecule has 0 saturated carbocycles. The van der Waals surface area contributed by atoms with E-state index in [-0.39, 0.29) is 6.61 Å². The molecular weight excluding hydrogens is 310 g/mol. The molecule has 2 unspecified atom stereocenters. The first-order valence-corrected chi connectivity index (χ1v) is 8.36. The van der Waals surface area contributed by atoms with Crippen LogP contribution in [0.2, 0.25) is 5.02 Å². The molecule has 0 aliphatic rings. The summed E-state index contributed by atoms with van der Waals surface area (Å²) < 4.78 is 19.7. The van der Waals surface area contributed by atoms with Gasteiger partial charge < -0.3 is 4.74 Å². The van der Waals surface area contributed by atoms with E-state index in [0.29, 0.717) is 11.4 Å². The van der Waals surface area contributed by atoms with Crippen LogP contribution >= 0.6 is 11.6 Å². The average molecular weight is 332 g/mol. The highest BCUT2D eigenvalue weighted by molar-refractivity contribution is 7.84. The zero-order chi connectivity index (χ0) is 16.0. The van der Waals surface area contributed by atoms with Gasteiger partial charge in [-0.1, -0.05) is 23.7 Å². The summed E-state index contributed by atoms with van der Waals surface area (Å²) in [4.78, 5) is 12.0. The Morgan fingerprint density at radius 1 is 1.43 bits per heavy atom. The molecule has 0 spiro atoms. The number of rotatable bonds is 6. The normalized spacial score (nSPS) is 14.5. The molecule has 1 rings (SSSR count). The molecule has 0 heterocycles. The van der Waals surface area contributed by atoms with Gasteiger partial charge in [-0.2, -0.15) is 0 Å². The molecule has 0 aliphatic heterocycles. The zero-order valence-corrected chi connectivity index (χ0v) is 14.4. The van der Waals surface area contributed by atoms with Gasteiger partial charge in [0.1, 0.15) is 6.04 Å². The highest BCUT2D eigenvalue weighted by Gasteiger charge is 2.27. The summed E-state index contributed by atoms with van der Waals surface area (Å²) in [6, 6.07) is 6.59. The van der Waals surface area contributed by atoms with E-state index in [0.717, 1.165) is 5.56 Å². The maximum atomic E-state index is 12.2. The minimum atomic E-state index is -1.35. The van der Waals surface area contributed by atoms with Crippen LogP contribution in [0.5, 0.6) is 0 Å². The highest BCUT2D eigenvalue weighted by Crippen LogP contribution is 2.15. The third-order valence-corrected chi connectivity index (χ3v) is 4.55. The largest absolute Gasteiger partial charge is 0.465 e. The fraction of sp³-hybridized carbons (Fsp3) is 0.533. The van der Waals surface area contributed by atoms with Crippen molar-refractivity contribution in [2.75, 3.05) is 6.61 Å². The predicted molar refractivity (Wildman–Crippen MR) is 86.6 cm³/mol. The summed E-state index contributed by atoms with van der Waals surface area (Å²) in [7, 11) is -1.35. The number of carbonyl (C=O) groups is 1. The second-order valence-electron chi connectivity index (χ2n) is 5.64. The Balaban J connectivity index is 2.87. The first-order valence-electron chi connectivity index (χ1n) is 6.83. The number of ether oxygens (including phenoxy) is 1. The molecule has 0 amide bonds. The molecule has 0 radical (unpaired) electrons. The van der Waals surface area contributed by atoms with Gasteiger partial charge in [-0.3, -0.25) is 4.79 Å². The van der Waals surface area contributed by atoms with E-state index in [1.165, 1.54) is 0 Å². The van der Waals surface area contributed by atoms with Gasteiger partial charge in [0, 0.05) is 5.02 Å². The van der Waals surface area contributed by atoms with Crippen LogP contribution < -0.4 is 4.72 Å². The Kier molecular flexibility index (Phi) is 6.84. The van der Waals surface area contributed by atoms with Crippen molar-refractivity contribution in [3.63, 3.8) is 0 Å². The Morgan fingerprint density at radius 3 is 2.62 bits per heavy atom. The van der Waals surface area contributed by atoms with Crippen LogP contribution in [0, 0.1) is 0 Å². The van der Waals surface area contributed by atoms with Crippen molar-refractivity contribution in [1.82, 2.24) is 4.72 Å². The molecule has 0 saturated heterocycles. The molecule has 0 aliphatic carbocycles. The number of benzene rings is 1. The summed E-state index contributed by atoms with van der Waals surface area (Å²) in [5.41, 5.74) is 0.888. The molecule has 0 bridgehead atoms. The smallest absolute Gasteiger partial charge is 0.324 e. The molecular formula is C15H22ClNO3S. The maximum Gasteiger partial charge on any atom is 0.324 e. The van der Waals surface area contributed by atoms with E-state index in [2.05, 4.69) is 4.72 Å². The van der Waals surface area contributed by atoms with Gasteiger partial charge in [0.2, 0.25) is 0 Å². The minimum absolute atomic E-state index is 0.286. The lowest BCUT2D eigenvalue weighted by Crippen LogP contribution is -2.45. The van der Waals surface area contributed by atoms with Crippen LogP contribution in [0.25, 0.3) is 0 Å². The van der Waals surface area contributed by atoms with Crippen molar-refractivity contribution in [3.8, 4) is 0 Å². The number of nitrogens with one attached hydrogen (secondary N) is 1. The summed E-state index contributed by atoms with van der Waals surface area (Å²) >= 11 is 5.95. The Bertz CT molecular complexity index is 514. The number of halogens is 1. The fourth-order valence-corrected chi connectivity index (χ4v) is 2.63. The van der Waals surface area contributed by atoms with Crippen LogP contribution in [0.4, 0.5) is 0 Å². The first-order chi connectivity index (χ1) is 9.74. The molecule has 1 aromatic rings. The van der Waals surface area contributed by atoms with Gasteiger partial charge in [0.05, 0.1) is 22.3 Å². The zero-order valence-electron chi connectivity index (χ0n) is 12.8. The van der Waals surface area contributed by atoms with Crippen molar-refractivity contribution >= 4 is 28.6 Å². The Hall–Kier alpha value is -0.910. The fourth-order valence-electron chi connectivity index (χ4n) is 1.62. The topological polar surface area (TPSA) is 55.4 Å². The van der Waals surface area contributed by atoms with Crippen LogP contribution in [0.3, 0.4) is 0 Å². The number of hydrogen-bond acceptors (Lipinski definition) is 3. The van der Waals surface area contributed by atoms with Crippen LogP contribution in [0.15, 0.2) is 24.3 Å². The van der Waals surface area contributed by atoms with Crippen LogP contribution in [-0.2, 0) is 26.9 Å². The van der Waals surface area contributed by atoms with Crippen molar-refractivity contribution < 1.29 is 13.7 Å². The standard InChI is InChI=1S/C15H22ClNO3S/c1-5-20-14(18)13(17-21(19)15(2,3)4)10-11-7-6-8-12(16)9-11/h6-9,13,17H,5,10H2,1-4H3. The van der Waals surface area contributed by atoms with Crippen LogP contribution in [0.1, 0.15) is 33.3 Å². The molecule has 118 valence electrons. The average Bonchev–Trinajstić information content (AvgIpc) is 2.37. The second kappa shape index (κ2) is 7.92. The first kappa shape index (κ1) is 18.1. The van der Waals surface area contributed by atoms with Gasteiger partial charge in [0.25, 0.3) is 0 Å². The number of esters is 1. The van der Waals surface area contributed by atoms with E-state index in [4.69, 9.17) is 16.3 Å². The molecule has 1 N–H and O–H groups in total. The summed E-state index contributed by atoms with van der Waals surface area (Å²) in [5.74, 6) is -0.407. The van der Waals surface area contributed by atoms with Gasteiger partial charge >= 0.3 is 5.97 Å². The SMILES string of the molecule is CCOC(=O)C(Cc1cccc(Cl)c1)NS(=O)C(C)(C)C. The molecule has 0 aromatic heterocycles. The van der Waals surface area contributed by atoms with Crippen molar-refractivity contribution in [1.29, 1.82) is 0 Å². The number of carbonyl (C=O) groups excluding carboxylic acids is 1. The maximum absolute atomic E-state index is 12.2. The van der Waals surface area contributed by atoms with E-state index in [1.807, 2.05) is 32.9 Å². The van der Waals surface area contributed by atoms with Gasteiger partial charge in [-0.15, -0.1) is 0 Å². The summed E-state index contributed by atoms with van der Waals surface area (Å²) in [5, 5.41) is 0.604. The Morgan fingerprint density at radius 2 is 2.10 bits per heavy atom. The third-order valence-electron chi connectivity index (χ3n) is 2.71. The van der Waals surface area contributed by atoms with Gasteiger partial charge in [-0.25, -0.2) is 8.93 Å². The van der Waals surface area contributed by atoms with E-state index in [9.17, 15) is 9.00 Å². The summed E-state index contributed by atoms with van der Waals surface area (Å²) in [6.45, 7) is 7.57. The van der Waals surface area contributed by atoms with E-state index < -0.39 is 27.7 Å². The Labute approximate surface area is 133 Å². The van der Waals surface area contributed by atoms with Crippen LogP contribution in [-0.4, -0.2) is 27.6 Å². The molecule has 0 fully saturated rings. The third kappa shape index (κ3) is 6.16. The van der Waals surface area contributed by atoms with Crippen molar-refractivity contribution in [3.05, 3.63) is 34.9 Å². The monoisotopic (exact) mass is 331 g/mol.